The predicted molar refractivity (Wildman–Crippen MR) is 90.2 cm³/mol. The molecule has 0 spiro atoms. The van der Waals surface area contributed by atoms with E-state index < -0.39 is 11.4 Å². The molecule has 5 nitrogen and oxygen atoms in total. The summed E-state index contributed by atoms with van der Waals surface area (Å²) in [6, 6.07) is 16.3. The number of hydrogen-bond donors (Lipinski definition) is 1. The maximum atomic E-state index is 12.1. The highest BCUT2D eigenvalue weighted by atomic mass is 16.4. The van der Waals surface area contributed by atoms with Crippen molar-refractivity contribution >= 4 is 27.8 Å². The quantitative estimate of drug-likeness (QED) is 0.570. The van der Waals surface area contributed by atoms with Crippen molar-refractivity contribution in [3.8, 4) is 11.1 Å². The summed E-state index contributed by atoms with van der Waals surface area (Å²) in [5.74, 6) is -1.66. The van der Waals surface area contributed by atoms with Gasteiger partial charge >= 0.3 is 5.97 Å². The fraction of sp³-hybridized carbons (Fsp3) is 0. The molecule has 0 saturated heterocycles. The van der Waals surface area contributed by atoms with Gasteiger partial charge < -0.3 is 9.52 Å². The molecular formula is C19H11NO4. The van der Waals surface area contributed by atoms with E-state index in [2.05, 4.69) is 4.98 Å². The Labute approximate surface area is 135 Å². The van der Waals surface area contributed by atoms with Crippen LogP contribution in [0.1, 0.15) is 10.6 Å². The molecule has 4 aromatic rings. The molecule has 0 bridgehead atoms. The molecule has 0 fully saturated rings. The van der Waals surface area contributed by atoms with Gasteiger partial charge in [-0.05, 0) is 23.3 Å². The molecule has 24 heavy (non-hydrogen) atoms. The van der Waals surface area contributed by atoms with Crippen LogP contribution in [-0.4, -0.2) is 16.1 Å². The predicted octanol–water partition coefficient (Wildman–Crippen LogP) is 3.71. The highest BCUT2D eigenvalue weighted by Gasteiger charge is 2.14. The van der Waals surface area contributed by atoms with Crippen LogP contribution in [0.3, 0.4) is 0 Å². The summed E-state index contributed by atoms with van der Waals surface area (Å²) in [4.78, 5) is 27.6. The van der Waals surface area contributed by atoms with E-state index in [9.17, 15) is 9.59 Å². The van der Waals surface area contributed by atoms with Crippen molar-refractivity contribution in [2.24, 2.45) is 0 Å². The fourth-order valence-electron chi connectivity index (χ4n) is 2.71. The number of nitrogens with zero attached hydrogens (tertiary/aromatic N) is 1. The van der Waals surface area contributed by atoms with Crippen LogP contribution >= 0.6 is 0 Å². The van der Waals surface area contributed by atoms with Gasteiger partial charge in [0.1, 0.15) is 5.58 Å². The number of carboxylic acid groups (broad SMARTS) is 1. The Bertz CT molecular complexity index is 1150. The molecule has 0 saturated carbocycles. The van der Waals surface area contributed by atoms with Crippen molar-refractivity contribution in [2.45, 2.75) is 0 Å². The lowest BCUT2D eigenvalue weighted by Crippen LogP contribution is -2.07. The van der Waals surface area contributed by atoms with Gasteiger partial charge in [0.15, 0.2) is 5.43 Å². The van der Waals surface area contributed by atoms with E-state index in [1.54, 1.807) is 0 Å². The summed E-state index contributed by atoms with van der Waals surface area (Å²) in [5.41, 5.74) is 2.39. The van der Waals surface area contributed by atoms with Gasteiger partial charge in [0.05, 0.1) is 10.9 Å². The van der Waals surface area contributed by atoms with Gasteiger partial charge in [-0.1, -0.05) is 36.4 Å². The topological polar surface area (TPSA) is 80.4 Å². The fourth-order valence-corrected chi connectivity index (χ4v) is 2.71. The molecule has 2 heterocycles. The molecule has 4 rings (SSSR count). The van der Waals surface area contributed by atoms with Crippen LogP contribution in [0.25, 0.3) is 33.0 Å². The lowest BCUT2D eigenvalue weighted by Gasteiger charge is -2.06. The zero-order chi connectivity index (χ0) is 16.7. The number of aromatic carboxylic acids is 1. The summed E-state index contributed by atoms with van der Waals surface area (Å²) in [7, 11) is 0. The number of fused-ring (bicyclic) bond motifs is 3. The number of pyridine rings is 1. The van der Waals surface area contributed by atoms with E-state index >= 15 is 0 Å². The van der Waals surface area contributed by atoms with Gasteiger partial charge in [0.2, 0.25) is 5.76 Å². The molecule has 0 aliphatic carbocycles. The van der Waals surface area contributed by atoms with E-state index in [0.717, 1.165) is 17.2 Å². The Morgan fingerprint density at radius 3 is 2.50 bits per heavy atom. The lowest BCUT2D eigenvalue weighted by atomic mass is 10.0. The molecule has 0 amide bonds. The molecule has 0 aliphatic rings. The molecule has 0 atom stereocenters. The maximum Gasteiger partial charge on any atom is 0.371 e. The van der Waals surface area contributed by atoms with Crippen molar-refractivity contribution in [2.75, 3.05) is 0 Å². The molecule has 1 N–H and O–H groups in total. The highest BCUT2D eigenvalue weighted by Crippen LogP contribution is 2.28. The van der Waals surface area contributed by atoms with Crippen molar-refractivity contribution in [3.63, 3.8) is 0 Å². The molecule has 5 heteroatoms. The van der Waals surface area contributed by atoms with Gasteiger partial charge in [-0.2, -0.15) is 0 Å². The standard InChI is InChI=1S/C19H11NO4/c21-16-9-17(19(22)23)24-18-13-8-12(11-4-2-1-3-5-11)6-7-15(13)20-10-14(16)18/h1-10H,(H,22,23). The third-order valence-corrected chi connectivity index (χ3v) is 3.88. The van der Waals surface area contributed by atoms with E-state index in [0.29, 0.717) is 10.9 Å². The summed E-state index contributed by atoms with van der Waals surface area (Å²) >= 11 is 0. The Kier molecular flexibility index (Phi) is 3.13. The minimum Gasteiger partial charge on any atom is -0.475 e. The minimum absolute atomic E-state index is 0.239. The zero-order valence-corrected chi connectivity index (χ0v) is 12.4. The summed E-state index contributed by atoms with van der Waals surface area (Å²) in [6.07, 6.45) is 1.41. The number of benzene rings is 2. The summed E-state index contributed by atoms with van der Waals surface area (Å²) < 4.78 is 5.47. The smallest absolute Gasteiger partial charge is 0.371 e. The van der Waals surface area contributed by atoms with E-state index in [1.165, 1.54) is 6.20 Å². The van der Waals surface area contributed by atoms with Crippen LogP contribution in [0.5, 0.6) is 0 Å². The van der Waals surface area contributed by atoms with E-state index in [4.69, 9.17) is 9.52 Å². The van der Waals surface area contributed by atoms with Crippen LogP contribution in [0.4, 0.5) is 0 Å². The largest absolute Gasteiger partial charge is 0.475 e. The third-order valence-electron chi connectivity index (χ3n) is 3.88. The normalized spacial score (nSPS) is 11.0. The number of rotatable bonds is 2. The van der Waals surface area contributed by atoms with Crippen molar-refractivity contribution in [1.29, 1.82) is 0 Å². The average molecular weight is 317 g/mol. The SMILES string of the molecule is O=C(O)c1cc(=O)c2cnc3ccc(-c4ccccc4)cc3c2o1. The second-order valence-corrected chi connectivity index (χ2v) is 5.38. The first-order valence-corrected chi connectivity index (χ1v) is 7.29. The summed E-state index contributed by atoms with van der Waals surface area (Å²) in [5, 5.41) is 9.99. The van der Waals surface area contributed by atoms with Gasteiger partial charge in [0.25, 0.3) is 0 Å². The van der Waals surface area contributed by atoms with Crippen molar-refractivity contribution < 1.29 is 14.3 Å². The second-order valence-electron chi connectivity index (χ2n) is 5.38. The molecule has 116 valence electrons. The first-order chi connectivity index (χ1) is 11.6. The summed E-state index contributed by atoms with van der Waals surface area (Å²) in [6.45, 7) is 0. The third kappa shape index (κ3) is 2.23. The first-order valence-electron chi connectivity index (χ1n) is 7.29. The molecule has 2 aromatic heterocycles. The van der Waals surface area contributed by atoms with E-state index in [-0.39, 0.29) is 16.7 Å². The zero-order valence-electron chi connectivity index (χ0n) is 12.4. The van der Waals surface area contributed by atoms with Gasteiger partial charge in [0, 0.05) is 17.6 Å². The Morgan fingerprint density at radius 2 is 1.75 bits per heavy atom. The molecular weight excluding hydrogens is 306 g/mol. The minimum atomic E-state index is -1.28. The number of aromatic nitrogens is 1. The lowest BCUT2D eigenvalue weighted by molar-refractivity contribution is 0.0663. The Hall–Kier alpha value is -3.47. The maximum absolute atomic E-state index is 12.1. The van der Waals surface area contributed by atoms with Crippen LogP contribution in [0, 0.1) is 0 Å². The van der Waals surface area contributed by atoms with Crippen molar-refractivity contribution in [3.05, 3.63) is 76.8 Å². The molecule has 2 aromatic carbocycles. The first kappa shape index (κ1) is 14.1. The van der Waals surface area contributed by atoms with Gasteiger partial charge in [-0.15, -0.1) is 0 Å². The van der Waals surface area contributed by atoms with Crippen LogP contribution in [0.2, 0.25) is 0 Å². The molecule has 0 unspecified atom stereocenters. The molecule has 0 radical (unpaired) electrons. The number of carboxylic acids is 1. The van der Waals surface area contributed by atoms with Crippen LogP contribution in [0.15, 0.2) is 70.0 Å². The van der Waals surface area contributed by atoms with Crippen LogP contribution in [-0.2, 0) is 0 Å². The van der Waals surface area contributed by atoms with Crippen LogP contribution < -0.4 is 5.43 Å². The van der Waals surface area contributed by atoms with Gasteiger partial charge in [-0.25, -0.2) is 4.79 Å². The number of carbonyl (C=O) groups is 1. The van der Waals surface area contributed by atoms with Crippen molar-refractivity contribution in [1.82, 2.24) is 4.98 Å². The highest BCUT2D eigenvalue weighted by molar-refractivity contribution is 6.04. The molecule has 0 aliphatic heterocycles. The Balaban J connectivity index is 2.09. The van der Waals surface area contributed by atoms with Gasteiger partial charge in [-0.3, -0.25) is 9.78 Å². The Morgan fingerprint density at radius 1 is 0.958 bits per heavy atom. The second kappa shape index (κ2) is 5.31. The van der Waals surface area contributed by atoms with E-state index in [1.807, 2.05) is 48.5 Å². The monoisotopic (exact) mass is 317 g/mol. The number of hydrogen-bond acceptors (Lipinski definition) is 4. The average Bonchev–Trinajstić information content (AvgIpc) is 2.61.